The standard InChI is InChI=1S/C29H27F3N6O4S/c1-17-20(9-12-37-26(17)34-35-27(37)29(30,31)32)21(14-25(39)40)18-7-8-22-19(13-18)15-36-16-28(33-22)10-4-11-38(28)23-5-2-3-6-24(23)43(36,41)42/h2-3,5-9,12-13,21,33H,4,10-11,14-16H2,1H3,(H,39,40)/t21-,28-/m1/s1. The van der Waals surface area contributed by atoms with Crippen LogP contribution < -0.4 is 10.2 Å². The first-order valence-corrected chi connectivity index (χ1v) is 15.2. The van der Waals surface area contributed by atoms with E-state index in [0.29, 0.717) is 34.5 Å². The Morgan fingerprint density at radius 1 is 1.16 bits per heavy atom. The number of alkyl halides is 3. The van der Waals surface area contributed by atoms with Gasteiger partial charge in [0.05, 0.1) is 18.7 Å². The number of benzene rings is 2. The van der Waals surface area contributed by atoms with Crippen LogP contribution in [0, 0.1) is 6.92 Å². The van der Waals surface area contributed by atoms with Gasteiger partial charge in [0.25, 0.3) is 0 Å². The maximum absolute atomic E-state index is 14.0. The molecule has 3 atom stereocenters. The van der Waals surface area contributed by atoms with E-state index < -0.39 is 39.6 Å². The SMILES string of the molecule is Cc1c([C@H](CC(=O)O)c2ccc3c(c2)CN2C[C@]4(CCCN4c4ccccc4S2(=O)=O)N3)ccn2c(C(F)(F)F)nnc12. The quantitative estimate of drug-likeness (QED) is 0.344. The number of carbonyl (C=O) groups is 1. The van der Waals surface area contributed by atoms with E-state index in [2.05, 4.69) is 20.4 Å². The first-order chi connectivity index (χ1) is 20.4. The van der Waals surface area contributed by atoms with E-state index in [1.54, 1.807) is 31.2 Å². The van der Waals surface area contributed by atoms with Gasteiger partial charge in [0.1, 0.15) is 10.6 Å². The minimum atomic E-state index is -4.71. The monoisotopic (exact) mass is 612 g/mol. The zero-order valence-corrected chi connectivity index (χ0v) is 23.8. The molecule has 5 heterocycles. The molecular weight excluding hydrogens is 585 g/mol. The second-order valence-electron chi connectivity index (χ2n) is 11.3. The van der Waals surface area contributed by atoms with Crippen LogP contribution >= 0.6 is 0 Å². The second-order valence-corrected chi connectivity index (χ2v) is 13.2. The number of nitrogens with one attached hydrogen (secondary N) is 1. The van der Waals surface area contributed by atoms with E-state index in [4.69, 9.17) is 0 Å². The molecule has 2 aromatic carbocycles. The van der Waals surface area contributed by atoms with Crippen molar-refractivity contribution in [1.29, 1.82) is 0 Å². The summed E-state index contributed by atoms with van der Waals surface area (Å²) in [5.41, 5.74) is 2.90. The van der Waals surface area contributed by atoms with Crippen molar-refractivity contribution in [3.63, 3.8) is 0 Å². The average Bonchev–Trinajstić information content (AvgIpc) is 3.51. The number of halogens is 3. The van der Waals surface area contributed by atoms with Crippen LogP contribution in [0.2, 0.25) is 0 Å². The van der Waals surface area contributed by atoms with E-state index in [1.165, 1.54) is 16.6 Å². The summed E-state index contributed by atoms with van der Waals surface area (Å²) >= 11 is 0. The Balaban J connectivity index is 1.34. The normalized spacial score (nSPS) is 23.0. The maximum Gasteiger partial charge on any atom is 0.452 e. The van der Waals surface area contributed by atoms with Crippen LogP contribution in [-0.4, -0.2) is 57.1 Å². The summed E-state index contributed by atoms with van der Waals surface area (Å²) in [7, 11) is -3.86. The molecule has 0 amide bonds. The Morgan fingerprint density at radius 3 is 2.72 bits per heavy atom. The molecular formula is C29H27F3N6O4S. The van der Waals surface area contributed by atoms with E-state index in [0.717, 1.165) is 22.9 Å². The third-order valence-corrected chi connectivity index (χ3v) is 10.7. The minimum absolute atomic E-state index is 0.0158. The molecule has 0 saturated carbocycles. The van der Waals surface area contributed by atoms with E-state index in [1.807, 2.05) is 18.2 Å². The number of fused-ring (bicyclic) bond motifs is 5. The summed E-state index contributed by atoms with van der Waals surface area (Å²) in [5.74, 6) is -2.99. The van der Waals surface area contributed by atoms with Gasteiger partial charge in [0.2, 0.25) is 15.8 Å². The van der Waals surface area contributed by atoms with Gasteiger partial charge in [-0.1, -0.05) is 24.3 Å². The highest BCUT2D eigenvalue weighted by Gasteiger charge is 2.51. The maximum atomic E-state index is 14.0. The molecule has 1 fully saturated rings. The molecule has 4 aromatic rings. The summed E-state index contributed by atoms with van der Waals surface area (Å²) in [6.07, 6.45) is -2.23. The van der Waals surface area contributed by atoms with Crippen LogP contribution in [0.1, 0.15) is 53.3 Å². The van der Waals surface area contributed by atoms with E-state index >= 15 is 0 Å². The van der Waals surface area contributed by atoms with Crippen molar-refractivity contribution in [1.82, 2.24) is 18.9 Å². The van der Waals surface area contributed by atoms with E-state index in [-0.39, 0.29) is 30.1 Å². The van der Waals surface area contributed by atoms with Gasteiger partial charge in [-0.25, -0.2) is 8.42 Å². The average molecular weight is 613 g/mol. The molecule has 2 N–H and O–H groups in total. The molecule has 10 nitrogen and oxygen atoms in total. The van der Waals surface area contributed by atoms with Gasteiger partial charge in [-0.2, -0.15) is 17.5 Å². The number of carboxylic acid groups (broad SMARTS) is 1. The Labute approximate surface area is 244 Å². The minimum Gasteiger partial charge on any atom is -0.481 e. The Hall–Kier alpha value is -4.17. The topological polar surface area (TPSA) is 120 Å². The largest absolute Gasteiger partial charge is 0.481 e. The molecule has 2 bridgehead atoms. The molecule has 224 valence electrons. The highest BCUT2D eigenvalue weighted by molar-refractivity contribution is 7.89. The number of pyridine rings is 1. The van der Waals surface area contributed by atoms with Crippen LogP contribution in [0.5, 0.6) is 0 Å². The van der Waals surface area contributed by atoms with E-state index in [9.17, 15) is 31.5 Å². The van der Waals surface area contributed by atoms with Gasteiger partial charge >= 0.3 is 12.1 Å². The third kappa shape index (κ3) is 4.26. The van der Waals surface area contributed by atoms with Crippen LogP contribution in [0.25, 0.3) is 5.65 Å². The van der Waals surface area contributed by atoms with Crippen LogP contribution in [0.15, 0.2) is 59.6 Å². The van der Waals surface area contributed by atoms with Gasteiger partial charge in [0, 0.05) is 30.9 Å². The van der Waals surface area contributed by atoms with Crippen molar-refractivity contribution in [2.75, 3.05) is 23.3 Å². The van der Waals surface area contributed by atoms with Crippen LogP contribution in [-0.2, 0) is 27.5 Å². The number of sulfonamides is 1. The fraction of sp³-hybridized carbons (Fsp3) is 0.345. The Morgan fingerprint density at radius 2 is 1.95 bits per heavy atom. The number of aromatic nitrogens is 3. The third-order valence-electron chi connectivity index (χ3n) is 8.82. The Kier molecular flexibility index (Phi) is 6.05. The number of para-hydroxylation sites is 1. The fourth-order valence-electron chi connectivity index (χ4n) is 6.89. The fourth-order valence-corrected chi connectivity index (χ4v) is 8.56. The summed E-state index contributed by atoms with van der Waals surface area (Å²) in [6, 6.07) is 13.9. The molecule has 7 rings (SSSR count). The summed E-state index contributed by atoms with van der Waals surface area (Å²) in [5, 5.41) is 20.6. The number of hydrogen-bond donors (Lipinski definition) is 2. The molecule has 1 spiro atoms. The molecule has 0 aliphatic carbocycles. The van der Waals surface area contributed by atoms with Crippen LogP contribution in [0.3, 0.4) is 0 Å². The summed E-state index contributed by atoms with van der Waals surface area (Å²) < 4.78 is 70.6. The zero-order chi connectivity index (χ0) is 30.3. The van der Waals surface area contributed by atoms with Crippen LogP contribution in [0.4, 0.5) is 24.5 Å². The van der Waals surface area contributed by atoms with Crippen molar-refractivity contribution in [2.45, 2.75) is 55.4 Å². The highest BCUT2D eigenvalue weighted by Crippen LogP contribution is 2.46. The molecule has 0 radical (unpaired) electrons. The molecule has 1 unspecified atom stereocenters. The first kappa shape index (κ1) is 27.7. The van der Waals surface area contributed by atoms with Gasteiger partial charge in [-0.15, -0.1) is 10.2 Å². The summed E-state index contributed by atoms with van der Waals surface area (Å²) in [4.78, 5) is 14.4. The predicted molar refractivity (Wildman–Crippen MR) is 150 cm³/mol. The molecule has 2 aromatic heterocycles. The van der Waals surface area contributed by atoms with Crippen molar-refractivity contribution < 1.29 is 31.5 Å². The van der Waals surface area contributed by atoms with Crippen molar-refractivity contribution in [2.24, 2.45) is 0 Å². The summed E-state index contributed by atoms with van der Waals surface area (Å²) in [6.45, 7) is 2.59. The Bertz CT molecular complexity index is 1910. The lowest BCUT2D eigenvalue weighted by Crippen LogP contribution is -2.55. The number of hydrogen-bond acceptors (Lipinski definition) is 7. The number of anilines is 2. The number of carboxylic acids is 1. The molecule has 43 heavy (non-hydrogen) atoms. The van der Waals surface area contributed by atoms with Crippen molar-refractivity contribution >= 4 is 33.0 Å². The van der Waals surface area contributed by atoms with Gasteiger partial charge < -0.3 is 15.3 Å². The number of aliphatic carboxylic acids is 1. The van der Waals surface area contributed by atoms with Gasteiger partial charge in [-0.3, -0.25) is 9.20 Å². The van der Waals surface area contributed by atoms with Crippen molar-refractivity contribution in [3.05, 3.63) is 82.8 Å². The highest BCUT2D eigenvalue weighted by atomic mass is 32.2. The lowest BCUT2D eigenvalue weighted by atomic mass is 9.85. The van der Waals surface area contributed by atoms with Crippen molar-refractivity contribution in [3.8, 4) is 0 Å². The number of nitrogens with zero attached hydrogens (tertiary/aromatic N) is 5. The van der Waals surface area contributed by atoms with Gasteiger partial charge in [0.15, 0.2) is 5.65 Å². The molecule has 1 saturated heterocycles. The first-order valence-electron chi connectivity index (χ1n) is 13.8. The lowest BCUT2D eigenvalue weighted by molar-refractivity contribution is -0.145. The zero-order valence-electron chi connectivity index (χ0n) is 23.0. The number of rotatable bonds is 4. The molecule has 3 aliphatic heterocycles. The van der Waals surface area contributed by atoms with Gasteiger partial charge in [-0.05, 0) is 66.3 Å². The lowest BCUT2D eigenvalue weighted by Gasteiger charge is -2.40. The predicted octanol–water partition coefficient (Wildman–Crippen LogP) is 4.59. The number of aryl methyl sites for hydroxylation is 1. The second kappa shape index (κ2) is 9.41. The molecule has 14 heteroatoms. The molecule has 3 aliphatic rings. The smallest absolute Gasteiger partial charge is 0.452 e.